The van der Waals surface area contributed by atoms with Crippen molar-refractivity contribution in [3.63, 3.8) is 0 Å². The van der Waals surface area contributed by atoms with Crippen LogP contribution in [0.15, 0.2) is 57.7 Å². The average molecular weight is 320 g/mol. The van der Waals surface area contributed by atoms with Crippen LogP contribution in [0.5, 0.6) is 5.75 Å². The summed E-state index contributed by atoms with van der Waals surface area (Å²) in [6.45, 7) is 0. The van der Waals surface area contributed by atoms with E-state index in [1.165, 1.54) is 13.2 Å². The molecule has 1 aromatic heterocycles. The van der Waals surface area contributed by atoms with Gasteiger partial charge in [0.2, 0.25) is 0 Å². The minimum Gasteiger partial charge on any atom is -0.493 e. The van der Waals surface area contributed by atoms with Gasteiger partial charge in [-0.1, -0.05) is 24.3 Å². The highest BCUT2D eigenvalue weighted by molar-refractivity contribution is 6.06. The van der Waals surface area contributed by atoms with Gasteiger partial charge in [-0.15, -0.1) is 0 Å². The number of hydrogen-bond donors (Lipinski definition) is 1. The number of rotatable bonds is 3. The van der Waals surface area contributed by atoms with Gasteiger partial charge in [-0.05, 0) is 24.3 Å². The number of carbonyl (C=O) groups excluding carboxylic acids is 1. The molecule has 3 aromatic rings. The SMILES string of the molecule is COc1cccc2cc(C(=O)Nc3ccccc3C#N)c(=O)oc12. The fraction of sp³-hybridized carbons (Fsp3) is 0.0556. The predicted molar refractivity (Wildman–Crippen MR) is 88.1 cm³/mol. The van der Waals surface area contributed by atoms with Crippen molar-refractivity contribution in [3.05, 3.63) is 70.1 Å². The van der Waals surface area contributed by atoms with Gasteiger partial charge < -0.3 is 14.5 Å². The molecule has 0 saturated heterocycles. The van der Waals surface area contributed by atoms with Crippen molar-refractivity contribution in [1.82, 2.24) is 0 Å². The van der Waals surface area contributed by atoms with Crippen molar-refractivity contribution in [2.45, 2.75) is 0 Å². The molecule has 6 heteroatoms. The number of hydrogen-bond acceptors (Lipinski definition) is 5. The molecule has 6 nitrogen and oxygen atoms in total. The summed E-state index contributed by atoms with van der Waals surface area (Å²) in [7, 11) is 1.47. The Morgan fingerprint density at radius 1 is 1.21 bits per heavy atom. The predicted octanol–water partition coefficient (Wildman–Crippen LogP) is 2.93. The molecule has 1 N–H and O–H groups in total. The highest BCUT2D eigenvalue weighted by atomic mass is 16.5. The number of nitrogens with zero attached hydrogens (tertiary/aromatic N) is 1. The number of nitrogens with one attached hydrogen (secondary N) is 1. The first-order valence-electron chi connectivity index (χ1n) is 7.05. The molecule has 0 saturated carbocycles. The van der Waals surface area contributed by atoms with Gasteiger partial charge >= 0.3 is 5.63 Å². The quantitative estimate of drug-likeness (QED) is 0.749. The van der Waals surface area contributed by atoms with Crippen LogP contribution in [0, 0.1) is 11.3 Å². The summed E-state index contributed by atoms with van der Waals surface area (Å²) >= 11 is 0. The summed E-state index contributed by atoms with van der Waals surface area (Å²) in [4.78, 5) is 24.5. The lowest BCUT2D eigenvalue weighted by Gasteiger charge is -2.08. The summed E-state index contributed by atoms with van der Waals surface area (Å²) in [6.07, 6.45) is 0. The number of ether oxygens (including phenoxy) is 1. The van der Waals surface area contributed by atoms with E-state index in [1.54, 1.807) is 42.5 Å². The van der Waals surface area contributed by atoms with Gasteiger partial charge in [-0.3, -0.25) is 4.79 Å². The molecule has 1 heterocycles. The summed E-state index contributed by atoms with van der Waals surface area (Å²) in [5, 5.41) is 12.2. The lowest BCUT2D eigenvalue weighted by Crippen LogP contribution is -2.21. The fourth-order valence-electron chi connectivity index (χ4n) is 2.32. The highest BCUT2D eigenvalue weighted by Crippen LogP contribution is 2.24. The van der Waals surface area contributed by atoms with E-state index in [0.29, 0.717) is 22.4 Å². The number of benzene rings is 2. The standard InChI is InChI=1S/C18H12N2O4/c1-23-15-8-4-6-11-9-13(18(22)24-16(11)15)17(21)20-14-7-3-2-5-12(14)10-19/h2-9H,1H3,(H,20,21). The van der Waals surface area contributed by atoms with Crippen LogP contribution in [0.3, 0.4) is 0 Å². The van der Waals surface area contributed by atoms with Crippen LogP contribution in [-0.4, -0.2) is 13.0 Å². The van der Waals surface area contributed by atoms with Crippen LogP contribution < -0.4 is 15.7 Å². The Labute approximate surface area is 136 Å². The zero-order valence-corrected chi connectivity index (χ0v) is 12.7. The number of amides is 1. The van der Waals surface area contributed by atoms with Crippen molar-refractivity contribution in [2.75, 3.05) is 12.4 Å². The molecule has 1 amide bonds. The Bertz CT molecular complexity index is 1030. The molecule has 0 bridgehead atoms. The van der Waals surface area contributed by atoms with Gasteiger partial charge in [0, 0.05) is 5.39 Å². The van der Waals surface area contributed by atoms with E-state index in [2.05, 4.69) is 5.32 Å². The van der Waals surface area contributed by atoms with Crippen molar-refractivity contribution in [1.29, 1.82) is 5.26 Å². The zero-order valence-electron chi connectivity index (χ0n) is 12.7. The number of para-hydroxylation sites is 2. The molecular weight excluding hydrogens is 308 g/mol. The van der Waals surface area contributed by atoms with Gasteiger partial charge in [0.05, 0.1) is 18.4 Å². The molecule has 0 spiro atoms. The van der Waals surface area contributed by atoms with Crippen LogP contribution >= 0.6 is 0 Å². The van der Waals surface area contributed by atoms with Crippen LogP contribution in [0.1, 0.15) is 15.9 Å². The third-order valence-corrected chi connectivity index (χ3v) is 3.48. The molecule has 2 aromatic carbocycles. The second-order valence-electron chi connectivity index (χ2n) is 4.94. The first kappa shape index (κ1) is 15.3. The van der Waals surface area contributed by atoms with E-state index in [9.17, 15) is 9.59 Å². The monoisotopic (exact) mass is 320 g/mol. The van der Waals surface area contributed by atoms with Crippen LogP contribution in [0.4, 0.5) is 5.69 Å². The summed E-state index contributed by atoms with van der Waals surface area (Å²) in [5.41, 5.74) is -0.0192. The summed E-state index contributed by atoms with van der Waals surface area (Å²) in [5.74, 6) is -0.234. The average Bonchev–Trinajstić information content (AvgIpc) is 2.61. The van der Waals surface area contributed by atoms with Gasteiger partial charge in [-0.2, -0.15) is 5.26 Å². The number of nitriles is 1. The molecule has 3 rings (SSSR count). The maximum atomic E-state index is 12.4. The normalized spacial score (nSPS) is 10.2. The lowest BCUT2D eigenvalue weighted by molar-refractivity contribution is 0.102. The van der Waals surface area contributed by atoms with Gasteiger partial charge in [0.1, 0.15) is 11.6 Å². The van der Waals surface area contributed by atoms with Crippen LogP contribution in [-0.2, 0) is 0 Å². The van der Waals surface area contributed by atoms with Gasteiger partial charge in [0.25, 0.3) is 5.91 Å². The molecule has 118 valence electrons. The molecule has 0 aliphatic rings. The molecule has 24 heavy (non-hydrogen) atoms. The lowest BCUT2D eigenvalue weighted by atomic mass is 10.1. The van der Waals surface area contributed by atoms with Crippen molar-refractivity contribution < 1.29 is 13.9 Å². The number of anilines is 1. The summed E-state index contributed by atoms with van der Waals surface area (Å²) in [6, 6.07) is 15.0. The largest absolute Gasteiger partial charge is 0.493 e. The Morgan fingerprint density at radius 3 is 2.75 bits per heavy atom. The number of carbonyl (C=O) groups is 1. The molecular formula is C18H12N2O4. The minimum absolute atomic E-state index is 0.150. The van der Waals surface area contributed by atoms with Crippen LogP contribution in [0.25, 0.3) is 11.0 Å². The maximum Gasteiger partial charge on any atom is 0.349 e. The zero-order chi connectivity index (χ0) is 17.1. The Morgan fingerprint density at radius 2 is 2.00 bits per heavy atom. The third-order valence-electron chi connectivity index (χ3n) is 3.48. The van der Waals surface area contributed by atoms with E-state index >= 15 is 0 Å². The van der Waals surface area contributed by atoms with Gasteiger partial charge in [0.15, 0.2) is 11.3 Å². The second kappa shape index (κ2) is 6.26. The van der Waals surface area contributed by atoms with E-state index in [1.807, 2.05) is 6.07 Å². The van der Waals surface area contributed by atoms with Crippen molar-refractivity contribution in [2.24, 2.45) is 0 Å². The minimum atomic E-state index is -0.779. The fourth-order valence-corrected chi connectivity index (χ4v) is 2.32. The molecule has 0 atom stereocenters. The Hall–Kier alpha value is -3.59. The first-order chi connectivity index (χ1) is 11.6. The molecule has 0 aliphatic heterocycles. The molecule has 0 fully saturated rings. The van der Waals surface area contributed by atoms with E-state index in [-0.39, 0.29) is 11.1 Å². The third kappa shape index (κ3) is 2.71. The van der Waals surface area contributed by atoms with E-state index in [4.69, 9.17) is 14.4 Å². The van der Waals surface area contributed by atoms with Crippen molar-refractivity contribution in [3.8, 4) is 11.8 Å². The van der Waals surface area contributed by atoms with Gasteiger partial charge in [-0.25, -0.2) is 4.79 Å². The van der Waals surface area contributed by atoms with E-state index in [0.717, 1.165) is 0 Å². The number of methoxy groups -OCH3 is 1. The molecule has 0 radical (unpaired) electrons. The highest BCUT2D eigenvalue weighted by Gasteiger charge is 2.16. The van der Waals surface area contributed by atoms with E-state index < -0.39 is 11.5 Å². The smallest absolute Gasteiger partial charge is 0.349 e. The maximum absolute atomic E-state index is 12.4. The Kier molecular flexibility index (Phi) is 4.00. The molecule has 0 aliphatic carbocycles. The molecule has 0 unspecified atom stereocenters. The summed E-state index contributed by atoms with van der Waals surface area (Å²) < 4.78 is 10.4. The topological polar surface area (TPSA) is 92.3 Å². The second-order valence-corrected chi connectivity index (χ2v) is 4.94. The van der Waals surface area contributed by atoms with Crippen LogP contribution in [0.2, 0.25) is 0 Å². The Balaban J connectivity index is 2.03. The first-order valence-corrected chi connectivity index (χ1v) is 7.05. The number of fused-ring (bicyclic) bond motifs is 1. The van der Waals surface area contributed by atoms with Crippen molar-refractivity contribution >= 4 is 22.6 Å².